The van der Waals surface area contributed by atoms with E-state index in [1.165, 1.54) is 11.8 Å². The van der Waals surface area contributed by atoms with Crippen molar-refractivity contribution in [3.05, 3.63) is 161 Å². The van der Waals surface area contributed by atoms with Crippen LogP contribution >= 0.6 is 11.8 Å². The summed E-state index contributed by atoms with van der Waals surface area (Å²) in [5.41, 5.74) is 9.26. The van der Waals surface area contributed by atoms with Gasteiger partial charge in [-0.25, -0.2) is 10.1 Å². The first-order chi connectivity index (χ1) is 28.7. The first kappa shape index (κ1) is 42.9. The van der Waals surface area contributed by atoms with E-state index < -0.39 is 5.54 Å². The van der Waals surface area contributed by atoms with Crippen LogP contribution in [-0.4, -0.2) is 54.3 Å². The number of nitrogens with zero attached hydrogens (tertiary/aromatic N) is 5. The molecular formula is C49H54N6O3S. The molecule has 6 rings (SSSR count). The van der Waals surface area contributed by atoms with Gasteiger partial charge in [-0.15, -0.1) is 5.10 Å². The van der Waals surface area contributed by atoms with Gasteiger partial charge in [0.1, 0.15) is 5.54 Å². The van der Waals surface area contributed by atoms with Gasteiger partial charge in [0, 0.05) is 49.2 Å². The van der Waals surface area contributed by atoms with Crippen LogP contribution in [0.15, 0.2) is 133 Å². The van der Waals surface area contributed by atoms with Gasteiger partial charge >= 0.3 is 0 Å². The molecule has 0 aliphatic rings. The number of hydrogen-bond donors (Lipinski definition) is 1. The molecule has 0 fully saturated rings. The number of aromatic nitrogens is 4. The van der Waals surface area contributed by atoms with E-state index in [2.05, 4.69) is 60.9 Å². The molecule has 5 aromatic carbocycles. The van der Waals surface area contributed by atoms with Crippen LogP contribution in [0.5, 0.6) is 0 Å². The largest absolute Gasteiger partial charge is 0.294 e. The lowest BCUT2D eigenvalue weighted by Gasteiger charge is -2.36. The summed E-state index contributed by atoms with van der Waals surface area (Å²) in [6.07, 6.45) is 2.54. The maximum absolute atomic E-state index is 14.1. The zero-order chi connectivity index (χ0) is 41.8. The summed E-state index contributed by atoms with van der Waals surface area (Å²) in [6.45, 7) is 10.6. The lowest BCUT2D eigenvalue weighted by Crippen LogP contribution is -2.46. The van der Waals surface area contributed by atoms with E-state index >= 15 is 0 Å². The minimum atomic E-state index is -0.952. The van der Waals surface area contributed by atoms with Crippen molar-refractivity contribution in [2.24, 2.45) is 11.8 Å². The molecule has 0 aliphatic carbocycles. The van der Waals surface area contributed by atoms with Crippen molar-refractivity contribution in [3.8, 4) is 22.5 Å². The average molecular weight is 807 g/mol. The van der Waals surface area contributed by atoms with E-state index in [-0.39, 0.29) is 22.7 Å². The van der Waals surface area contributed by atoms with Crippen molar-refractivity contribution < 1.29 is 14.4 Å². The molecule has 1 atom stereocenters. The van der Waals surface area contributed by atoms with Crippen LogP contribution in [-0.2, 0) is 21.7 Å². The SMILES string of the molecule is CCCC(=O)c1cc(CNN(CCC)C(=O)[C@@H](CSC(C)=O)CC(C)C)ccc1-c1ccccc1-c1nnnn1C(c1ccccc1)(c1ccccc1)c1ccccc1. The fourth-order valence-electron chi connectivity index (χ4n) is 7.85. The first-order valence-electron chi connectivity index (χ1n) is 20.6. The summed E-state index contributed by atoms with van der Waals surface area (Å²) in [6, 6.07) is 44.8. The number of amides is 1. The van der Waals surface area contributed by atoms with Gasteiger partial charge < -0.3 is 0 Å². The first-order valence-corrected chi connectivity index (χ1v) is 21.6. The minimum Gasteiger partial charge on any atom is -0.294 e. The fraction of sp³-hybridized carbons (Fsp3) is 0.306. The zero-order valence-electron chi connectivity index (χ0n) is 34.7. The molecule has 0 radical (unpaired) electrons. The van der Waals surface area contributed by atoms with Crippen molar-refractivity contribution in [1.29, 1.82) is 0 Å². The van der Waals surface area contributed by atoms with E-state index in [0.29, 0.717) is 55.4 Å². The third-order valence-electron chi connectivity index (χ3n) is 10.5. The standard InChI is InChI=1S/C49H54N6O3S/c1-6-19-46(57)45-32-37(33-50-54(30-7-2)48(58)38(31-35(3)4)34-59-36(5)56)28-29-43(45)42-26-17-18-27-44(42)47-51-52-53-55(47)49(39-20-11-8-12-21-39,40-22-13-9-14-23-40)41-24-15-10-16-25-41/h8-18,20-29,32,35,38,50H,6-7,19,30-31,33-34H2,1-5H3/t38-/m1/s1. The predicted octanol–water partition coefficient (Wildman–Crippen LogP) is 10.0. The lowest BCUT2D eigenvalue weighted by molar-refractivity contribution is -0.138. The molecular weight excluding hydrogens is 753 g/mol. The Balaban J connectivity index is 1.44. The molecule has 1 amide bonds. The number of carbonyl (C=O) groups excluding carboxylic acids is 3. The van der Waals surface area contributed by atoms with Crippen LogP contribution in [0.4, 0.5) is 0 Å². The van der Waals surface area contributed by atoms with Gasteiger partial charge in [-0.1, -0.05) is 167 Å². The zero-order valence-corrected chi connectivity index (χ0v) is 35.5. The second-order valence-corrected chi connectivity index (χ2v) is 16.5. The van der Waals surface area contributed by atoms with Gasteiger partial charge in [0.25, 0.3) is 0 Å². The number of benzene rings is 5. The summed E-state index contributed by atoms with van der Waals surface area (Å²) in [5, 5.41) is 15.5. The van der Waals surface area contributed by atoms with Crippen molar-refractivity contribution in [2.45, 2.75) is 72.4 Å². The summed E-state index contributed by atoms with van der Waals surface area (Å²) < 4.78 is 1.92. The predicted molar refractivity (Wildman–Crippen MR) is 237 cm³/mol. The van der Waals surface area contributed by atoms with Crippen LogP contribution in [0.1, 0.15) is 92.9 Å². The van der Waals surface area contributed by atoms with Gasteiger partial charge in [0.2, 0.25) is 5.91 Å². The van der Waals surface area contributed by atoms with Crippen molar-refractivity contribution in [2.75, 3.05) is 12.3 Å². The number of thioether (sulfide) groups is 1. The Morgan fingerprint density at radius 2 is 1.32 bits per heavy atom. The summed E-state index contributed by atoms with van der Waals surface area (Å²) in [5.74, 6) is 1.03. The molecule has 1 heterocycles. The minimum absolute atomic E-state index is 0.00639. The fourth-order valence-corrected chi connectivity index (χ4v) is 8.57. The van der Waals surface area contributed by atoms with Gasteiger partial charge in [0.15, 0.2) is 16.7 Å². The van der Waals surface area contributed by atoms with E-state index in [0.717, 1.165) is 45.4 Å². The van der Waals surface area contributed by atoms with Gasteiger partial charge in [-0.2, -0.15) is 0 Å². The third kappa shape index (κ3) is 9.78. The maximum Gasteiger partial charge on any atom is 0.240 e. The second-order valence-electron chi connectivity index (χ2n) is 15.3. The molecule has 1 aromatic heterocycles. The molecule has 9 nitrogen and oxygen atoms in total. The molecule has 0 unspecified atom stereocenters. The Bertz CT molecular complexity index is 2220. The molecule has 0 bridgehead atoms. The van der Waals surface area contributed by atoms with E-state index in [1.54, 1.807) is 11.9 Å². The maximum atomic E-state index is 14.1. The highest BCUT2D eigenvalue weighted by atomic mass is 32.2. The smallest absolute Gasteiger partial charge is 0.240 e. The van der Waals surface area contributed by atoms with Crippen LogP contribution in [0.2, 0.25) is 0 Å². The number of tetrazole rings is 1. The number of hydrogen-bond acceptors (Lipinski definition) is 8. The Morgan fingerprint density at radius 1 is 0.746 bits per heavy atom. The van der Waals surface area contributed by atoms with Crippen molar-refractivity contribution >= 4 is 28.6 Å². The summed E-state index contributed by atoms with van der Waals surface area (Å²) in [7, 11) is 0. The van der Waals surface area contributed by atoms with Crippen LogP contribution in [0.3, 0.4) is 0 Å². The van der Waals surface area contributed by atoms with Gasteiger partial charge in [-0.05, 0) is 75.1 Å². The number of rotatable bonds is 19. The molecule has 0 saturated carbocycles. The lowest BCUT2D eigenvalue weighted by atomic mass is 9.77. The molecule has 0 saturated heterocycles. The molecule has 59 heavy (non-hydrogen) atoms. The highest BCUT2D eigenvalue weighted by Gasteiger charge is 2.42. The summed E-state index contributed by atoms with van der Waals surface area (Å²) >= 11 is 1.20. The van der Waals surface area contributed by atoms with Crippen LogP contribution in [0.25, 0.3) is 22.5 Å². The molecule has 1 N–H and O–H groups in total. The van der Waals surface area contributed by atoms with Crippen LogP contribution < -0.4 is 5.43 Å². The molecule has 0 spiro atoms. The number of Topliss-reactive ketones (excluding diaryl/α,β-unsaturated/α-hetero) is 1. The Morgan fingerprint density at radius 3 is 1.86 bits per heavy atom. The third-order valence-corrected chi connectivity index (χ3v) is 11.4. The highest BCUT2D eigenvalue weighted by molar-refractivity contribution is 8.13. The van der Waals surface area contributed by atoms with Crippen molar-refractivity contribution in [1.82, 2.24) is 30.6 Å². The molecule has 6 aromatic rings. The van der Waals surface area contributed by atoms with Crippen molar-refractivity contribution in [3.63, 3.8) is 0 Å². The topological polar surface area (TPSA) is 110 Å². The Hall–Kier alpha value is -5.71. The summed E-state index contributed by atoms with van der Waals surface area (Å²) in [4.78, 5) is 39.8. The quantitative estimate of drug-likeness (QED) is 0.0490. The Kier molecular flexibility index (Phi) is 14.8. The Labute approximate surface area is 352 Å². The monoisotopic (exact) mass is 806 g/mol. The van der Waals surface area contributed by atoms with E-state index in [1.807, 2.05) is 116 Å². The van der Waals surface area contributed by atoms with Gasteiger partial charge in [-0.3, -0.25) is 19.4 Å². The second kappa shape index (κ2) is 20.3. The molecule has 0 aliphatic heterocycles. The normalized spacial score (nSPS) is 12.0. The number of hydrazine groups is 1. The van der Waals surface area contributed by atoms with E-state index in [9.17, 15) is 14.4 Å². The molecule has 10 heteroatoms. The van der Waals surface area contributed by atoms with Crippen LogP contribution in [0, 0.1) is 11.8 Å². The number of nitrogens with one attached hydrogen (secondary N) is 1. The number of carbonyl (C=O) groups is 3. The number of ketones is 1. The van der Waals surface area contributed by atoms with E-state index in [4.69, 9.17) is 10.3 Å². The highest BCUT2D eigenvalue weighted by Crippen LogP contribution is 2.44. The molecule has 304 valence electrons. The van der Waals surface area contributed by atoms with Gasteiger partial charge in [0.05, 0.1) is 0 Å². The average Bonchev–Trinajstić information content (AvgIpc) is 3.75.